The van der Waals surface area contributed by atoms with Crippen LogP contribution in [0.25, 0.3) is 6.08 Å². The molecule has 0 aromatic carbocycles. The summed E-state index contributed by atoms with van der Waals surface area (Å²) in [5.74, 6) is 1.32. The minimum Gasteiger partial charge on any atom is -0.257 e. The highest BCUT2D eigenvalue weighted by atomic mass is 35.5. The molecule has 1 aromatic heterocycles. The Hall–Kier alpha value is -0.820. The molecule has 1 saturated carbocycles. The number of alkyl halides is 1. The molecule has 1 aromatic rings. The summed E-state index contributed by atoms with van der Waals surface area (Å²) >= 11 is 6.09. The molecule has 2 rings (SSSR count). The minimum atomic E-state index is 0.639. The van der Waals surface area contributed by atoms with Crippen molar-refractivity contribution >= 4 is 17.7 Å². The van der Waals surface area contributed by atoms with Crippen LogP contribution in [0.3, 0.4) is 0 Å². The second-order valence-electron chi connectivity index (χ2n) is 4.95. The fourth-order valence-corrected chi connectivity index (χ4v) is 2.79. The Morgan fingerprint density at radius 1 is 1.35 bits per heavy atom. The number of allylic oxidation sites excluding steroid dienone is 1. The fourth-order valence-electron chi connectivity index (χ4n) is 2.49. The number of nitrogens with zero attached hydrogens (tertiary/aromatic N) is 1. The van der Waals surface area contributed by atoms with E-state index in [2.05, 4.69) is 30.1 Å². The Morgan fingerprint density at radius 2 is 2.12 bits per heavy atom. The van der Waals surface area contributed by atoms with E-state index in [0.717, 1.165) is 5.69 Å². The fraction of sp³-hybridized carbons (Fsp3) is 0.533. The predicted molar refractivity (Wildman–Crippen MR) is 74.2 cm³/mol. The van der Waals surface area contributed by atoms with Crippen molar-refractivity contribution in [2.24, 2.45) is 5.92 Å². The molecule has 17 heavy (non-hydrogen) atoms. The van der Waals surface area contributed by atoms with Gasteiger partial charge in [0.2, 0.25) is 0 Å². The summed E-state index contributed by atoms with van der Waals surface area (Å²) in [6.45, 7) is 2.06. The zero-order chi connectivity index (χ0) is 12.1. The number of halogens is 1. The second-order valence-corrected chi connectivity index (χ2v) is 5.22. The normalized spacial score (nSPS) is 18.4. The van der Waals surface area contributed by atoms with Crippen molar-refractivity contribution in [2.45, 2.75) is 39.0 Å². The van der Waals surface area contributed by atoms with Gasteiger partial charge in [-0.3, -0.25) is 4.98 Å². The lowest BCUT2D eigenvalue weighted by Gasteiger charge is -2.23. The second kappa shape index (κ2) is 6.20. The standard InChI is InChI=1S/C15H20ClN/c1-12-7-8-15(17-11-12)9-14(10-16)13-5-3-2-4-6-13/h7-9,11,13H,2-6,10H2,1H3/b14-9-. The monoisotopic (exact) mass is 249 g/mol. The molecule has 0 aliphatic heterocycles. The first-order chi connectivity index (χ1) is 8.29. The first-order valence-electron chi connectivity index (χ1n) is 6.48. The topological polar surface area (TPSA) is 12.9 Å². The third-order valence-electron chi connectivity index (χ3n) is 3.55. The first kappa shape index (κ1) is 12.6. The lowest BCUT2D eigenvalue weighted by Crippen LogP contribution is -2.10. The van der Waals surface area contributed by atoms with Crippen molar-refractivity contribution in [1.29, 1.82) is 0 Å². The maximum atomic E-state index is 6.09. The number of aryl methyl sites for hydroxylation is 1. The molecule has 1 aliphatic carbocycles. The van der Waals surface area contributed by atoms with Gasteiger partial charge in [-0.1, -0.05) is 30.9 Å². The SMILES string of the molecule is Cc1ccc(/C=C(/CCl)C2CCCCC2)nc1. The molecule has 0 bridgehead atoms. The molecule has 0 saturated heterocycles. The van der Waals surface area contributed by atoms with Gasteiger partial charge in [0, 0.05) is 12.1 Å². The lowest BCUT2D eigenvalue weighted by atomic mass is 9.84. The zero-order valence-corrected chi connectivity index (χ0v) is 11.2. The van der Waals surface area contributed by atoms with E-state index in [4.69, 9.17) is 11.6 Å². The molecule has 2 heteroatoms. The largest absolute Gasteiger partial charge is 0.257 e. The van der Waals surface area contributed by atoms with E-state index in [1.165, 1.54) is 43.2 Å². The van der Waals surface area contributed by atoms with Gasteiger partial charge in [-0.25, -0.2) is 0 Å². The van der Waals surface area contributed by atoms with Gasteiger partial charge in [0.15, 0.2) is 0 Å². The molecule has 0 spiro atoms. The van der Waals surface area contributed by atoms with E-state index in [1.807, 2.05) is 6.20 Å². The Balaban J connectivity index is 2.13. The highest BCUT2D eigenvalue weighted by Gasteiger charge is 2.17. The van der Waals surface area contributed by atoms with Crippen LogP contribution in [0.15, 0.2) is 23.9 Å². The number of hydrogen-bond donors (Lipinski definition) is 0. The van der Waals surface area contributed by atoms with Crippen molar-refractivity contribution in [1.82, 2.24) is 4.98 Å². The van der Waals surface area contributed by atoms with Gasteiger partial charge < -0.3 is 0 Å². The summed E-state index contributed by atoms with van der Waals surface area (Å²) in [6, 6.07) is 4.18. The molecular formula is C15H20ClN. The van der Waals surface area contributed by atoms with Crippen molar-refractivity contribution in [3.05, 3.63) is 35.2 Å². The highest BCUT2D eigenvalue weighted by Crippen LogP contribution is 2.31. The summed E-state index contributed by atoms with van der Waals surface area (Å²) in [5.41, 5.74) is 3.60. The molecule has 0 radical (unpaired) electrons. The summed E-state index contributed by atoms with van der Waals surface area (Å²) < 4.78 is 0. The Kier molecular flexibility index (Phi) is 4.61. The van der Waals surface area contributed by atoms with E-state index in [9.17, 15) is 0 Å². The third-order valence-corrected chi connectivity index (χ3v) is 3.86. The maximum absolute atomic E-state index is 6.09. The van der Waals surface area contributed by atoms with Crippen LogP contribution in [0.4, 0.5) is 0 Å². The van der Waals surface area contributed by atoms with Gasteiger partial charge in [-0.2, -0.15) is 0 Å². The number of pyridine rings is 1. The predicted octanol–water partition coefficient (Wildman–Crippen LogP) is 4.59. The van der Waals surface area contributed by atoms with Crippen molar-refractivity contribution in [3.8, 4) is 0 Å². The summed E-state index contributed by atoms with van der Waals surface area (Å²) in [5, 5.41) is 0. The van der Waals surface area contributed by atoms with Gasteiger partial charge in [-0.05, 0) is 43.4 Å². The molecule has 92 valence electrons. The Morgan fingerprint density at radius 3 is 2.71 bits per heavy atom. The third kappa shape index (κ3) is 3.57. The van der Waals surface area contributed by atoms with Gasteiger partial charge in [0.05, 0.1) is 5.69 Å². The molecule has 0 N–H and O–H groups in total. The van der Waals surface area contributed by atoms with Crippen LogP contribution in [0.1, 0.15) is 43.4 Å². The average Bonchev–Trinajstić information content (AvgIpc) is 2.39. The van der Waals surface area contributed by atoms with Crippen molar-refractivity contribution in [2.75, 3.05) is 5.88 Å². The molecule has 0 atom stereocenters. The molecule has 1 aliphatic rings. The van der Waals surface area contributed by atoms with E-state index < -0.39 is 0 Å². The van der Waals surface area contributed by atoms with Crippen LogP contribution in [-0.2, 0) is 0 Å². The van der Waals surface area contributed by atoms with Crippen LogP contribution in [0.5, 0.6) is 0 Å². The minimum absolute atomic E-state index is 0.639. The van der Waals surface area contributed by atoms with Gasteiger partial charge >= 0.3 is 0 Å². The maximum Gasteiger partial charge on any atom is 0.0629 e. The number of hydrogen-bond acceptors (Lipinski definition) is 1. The number of aromatic nitrogens is 1. The molecular weight excluding hydrogens is 230 g/mol. The Bertz CT molecular complexity index is 374. The van der Waals surface area contributed by atoms with Crippen LogP contribution < -0.4 is 0 Å². The quantitative estimate of drug-likeness (QED) is 0.714. The summed E-state index contributed by atoms with van der Waals surface area (Å²) in [7, 11) is 0. The van der Waals surface area contributed by atoms with Crippen LogP contribution in [0.2, 0.25) is 0 Å². The van der Waals surface area contributed by atoms with Gasteiger partial charge in [0.1, 0.15) is 0 Å². The van der Waals surface area contributed by atoms with Crippen LogP contribution >= 0.6 is 11.6 Å². The van der Waals surface area contributed by atoms with E-state index in [-0.39, 0.29) is 0 Å². The van der Waals surface area contributed by atoms with Crippen molar-refractivity contribution in [3.63, 3.8) is 0 Å². The Labute approximate surface area is 109 Å². The summed E-state index contributed by atoms with van der Waals surface area (Å²) in [6.07, 6.45) is 10.8. The lowest BCUT2D eigenvalue weighted by molar-refractivity contribution is 0.405. The van der Waals surface area contributed by atoms with E-state index in [0.29, 0.717) is 11.8 Å². The van der Waals surface area contributed by atoms with Gasteiger partial charge in [-0.15, -0.1) is 11.6 Å². The van der Waals surface area contributed by atoms with Crippen molar-refractivity contribution < 1.29 is 0 Å². The molecule has 1 nitrogen and oxygen atoms in total. The first-order valence-corrected chi connectivity index (χ1v) is 7.02. The zero-order valence-electron chi connectivity index (χ0n) is 10.5. The average molecular weight is 250 g/mol. The molecule has 0 unspecified atom stereocenters. The van der Waals surface area contributed by atoms with Crippen LogP contribution in [-0.4, -0.2) is 10.9 Å². The van der Waals surface area contributed by atoms with Gasteiger partial charge in [0.25, 0.3) is 0 Å². The van der Waals surface area contributed by atoms with Crippen LogP contribution in [0, 0.1) is 12.8 Å². The van der Waals surface area contributed by atoms with E-state index >= 15 is 0 Å². The number of rotatable bonds is 3. The smallest absolute Gasteiger partial charge is 0.0629 e. The highest BCUT2D eigenvalue weighted by molar-refractivity contribution is 6.19. The van der Waals surface area contributed by atoms with E-state index in [1.54, 1.807) is 0 Å². The molecule has 1 fully saturated rings. The molecule has 0 amide bonds. The molecule has 1 heterocycles. The summed E-state index contributed by atoms with van der Waals surface area (Å²) in [4.78, 5) is 4.43.